The first-order chi connectivity index (χ1) is 13.5. The average molecular weight is 381 g/mol. The van der Waals surface area contributed by atoms with E-state index >= 15 is 0 Å². The minimum absolute atomic E-state index is 0.0109. The van der Waals surface area contributed by atoms with Crippen LogP contribution in [0.25, 0.3) is 0 Å². The zero-order chi connectivity index (χ0) is 19.9. The van der Waals surface area contributed by atoms with Gasteiger partial charge in [-0.3, -0.25) is 4.79 Å². The number of aryl methyl sites for hydroxylation is 1. The normalized spacial score (nSPS) is 14.5. The van der Waals surface area contributed by atoms with Gasteiger partial charge < -0.3 is 20.6 Å². The number of likely N-dealkylation sites (tertiary alicyclic amines) is 1. The molecule has 1 fully saturated rings. The summed E-state index contributed by atoms with van der Waals surface area (Å²) in [6.45, 7) is 3.55. The first-order valence-corrected chi connectivity index (χ1v) is 9.76. The summed E-state index contributed by atoms with van der Waals surface area (Å²) in [4.78, 5) is 26.6. The van der Waals surface area contributed by atoms with Crippen LogP contribution in [0.5, 0.6) is 5.75 Å². The van der Waals surface area contributed by atoms with Gasteiger partial charge in [0, 0.05) is 30.4 Å². The Morgan fingerprint density at radius 1 is 1.11 bits per heavy atom. The predicted molar refractivity (Wildman–Crippen MR) is 110 cm³/mol. The Hall–Kier alpha value is -3.02. The quantitative estimate of drug-likeness (QED) is 0.712. The minimum atomic E-state index is -0.288. The summed E-state index contributed by atoms with van der Waals surface area (Å²) in [5.74, 6) is 0.267. The molecule has 6 nitrogen and oxygen atoms in total. The maximum atomic E-state index is 12.5. The highest BCUT2D eigenvalue weighted by molar-refractivity contribution is 5.97. The van der Waals surface area contributed by atoms with Crippen LogP contribution in [-0.2, 0) is 6.42 Å². The van der Waals surface area contributed by atoms with Crippen LogP contribution in [0.2, 0.25) is 0 Å². The molecule has 3 amide bonds. The van der Waals surface area contributed by atoms with Crippen molar-refractivity contribution in [1.82, 2.24) is 10.2 Å². The summed E-state index contributed by atoms with van der Waals surface area (Å²) in [7, 11) is 0. The van der Waals surface area contributed by atoms with Crippen LogP contribution in [0.3, 0.4) is 0 Å². The van der Waals surface area contributed by atoms with E-state index in [1.807, 2.05) is 24.0 Å². The second kappa shape index (κ2) is 9.26. The zero-order valence-electron chi connectivity index (χ0n) is 16.1. The number of aromatic hydroxyl groups is 1. The van der Waals surface area contributed by atoms with Gasteiger partial charge in [-0.25, -0.2) is 4.79 Å². The summed E-state index contributed by atoms with van der Waals surface area (Å²) in [5, 5.41) is 15.0. The Bertz CT molecular complexity index is 814. The number of carbonyl (C=O) groups excluding carboxylic acids is 2. The molecule has 148 valence electrons. The molecule has 0 saturated carbocycles. The lowest BCUT2D eigenvalue weighted by molar-refractivity contribution is 0.0793. The van der Waals surface area contributed by atoms with E-state index in [9.17, 15) is 14.7 Å². The summed E-state index contributed by atoms with van der Waals surface area (Å²) in [5.41, 5.74) is 2.31. The number of anilines is 1. The highest BCUT2D eigenvalue weighted by Crippen LogP contribution is 2.16. The molecule has 1 heterocycles. The molecule has 6 heteroatoms. The van der Waals surface area contributed by atoms with Crippen molar-refractivity contribution in [2.75, 3.05) is 18.4 Å². The Morgan fingerprint density at radius 2 is 1.82 bits per heavy atom. The Morgan fingerprint density at radius 3 is 2.54 bits per heavy atom. The van der Waals surface area contributed by atoms with Gasteiger partial charge in [0.15, 0.2) is 0 Å². The molecular formula is C22H27N3O3. The van der Waals surface area contributed by atoms with Crippen LogP contribution >= 0.6 is 0 Å². The minimum Gasteiger partial charge on any atom is -0.508 e. The van der Waals surface area contributed by atoms with Crippen LogP contribution < -0.4 is 10.6 Å². The van der Waals surface area contributed by atoms with Crippen LogP contribution in [0.15, 0.2) is 48.5 Å². The second-order valence-electron chi connectivity index (χ2n) is 7.28. The number of benzene rings is 2. The number of hydrogen-bond donors (Lipinski definition) is 3. The van der Waals surface area contributed by atoms with Crippen molar-refractivity contribution in [1.29, 1.82) is 0 Å². The second-order valence-corrected chi connectivity index (χ2v) is 7.28. The van der Waals surface area contributed by atoms with E-state index in [4.69, 9.17) is 0 Å². The van der Waals surface area contributed by atoms with Crippen molar-refractivity contribution in [3.8, 4) is 5.75 Å². The fourth-order valence-electron chi connectivity index (χ4n) is 3.34. The third kappa shape index (κ3) is 5.49. The number of hydrogen-bond acceptors (Lipinski definition) is 3. The molecule has 0 aliphatic carbocycles. The SMILES string of the molecule is CC(CCc1ccc(O)cc1)NC(=O)Nc1cccc(C(=O)N2CCCC2)c1. The molecule has 3 rings (SSSR count). The molecule has 2 aromatic rings. The fourth-order valence-corrected chi connectivity index (χ4v) is 3.34. The Kier molecular flexibility index (Phi) is 6.53. The van der Waals surface area contributed by atoms with Gasteiger partial charge >= 0.3 is 6.03 Å². The molecule has 28 heavy (non-hydrogen) atoms. The number of amides is 3. The molecule has 1 unspecified atom stereocenters. The summed E-state index contributed by atoms with van der Waals surface area (Å²) < 4.78 is 0. The van der Waals surface area contributed by atoms with Crippen LogP contribution in [0.4, 0.5) is 10.5 Å². The summed E-state index contributed by atoms with van der Waals surface area (Å²) >= 11 is 0. The van der Waals surface area contributed by atoms with E-state index in [1.54, 1.807) is 36.4 Å². The first-order valence-electron chi connectivity index (χ1n) is 9.76. The lowest BCUT2D eigenvalue weighted by atomic mass is 10.1. The van der Waals surface area contributed by atoms with E-state index in [1.165, 1.54) is 0 Å². The number of carbonyl (C=O) groups is 2. The highest BCUT2D eigenvalue weighted by Gasteiger charge is 2.19. The van der Waals surface area contributed by atoms with Crippen molar-refractivity contribution >= 4 is 17.6 Å². The van der Waals surface area contributed by atoms with Crippen LogP contribution in [-0.4, -0.2) is 41.1 Å². The van der Waals surface area contributed by atoms with Crippen molar-refractivity contribution in [2.24, 2.45) is 0 Å². The van der Waals surface area contributed by atoms with Crippen molar-refractivity contribution in [2.45, 2.75) is 38.6 Å². The molecule has 1 atom stereocenters. The number of nitrogens with one attached hydrogen (secondary N) is 2. The zero-order valence-corrected chi connectivity index (χ0v) is 16.1. The Labute approximate surface area is 165 Å². The van der Waals surface area contributed by atoms with Gasteiger partial charge in [0.25, 0.3) is 5.91 Å². The molecular weight excluding hydrogens is 354 g/mol. The van der Waals surface area contributed by atoms with Crippen molar-refractivity contribution in [3.05, 3.63) is 59.7 Å². The molecule has 3 N–H and O–H groups in total. The largest absolute Gasteiger partial charge is 0.508 e. The predicted octanol–water partition coefficient (Wildman–Crippen LogP) is 3.77. The third-order valence-corrected chi connectivity index (χ3v) is 4.94. The van der Waals surface area contributed by atoms with Crippen molar-refractivity contribution < 1.29 is 14.7 Å². The fraction of sp³-hybridized carbons (Fsp3) is 0.364. The topological polar surface area (TPSA) is 81.7 Å². The van der Waals surface area contributed by atoms with Gasteiger partial charge in [0.1, 0.15) is 5.75 Å². The van der Waals surface area contributed by atoms with Crippen molar-refractivity contribution in [3.63, 3.8) is 0 Å². The molecule has 0 aromatic heterocycles. The maximum absolute atomic E-state index is 12.5. The smallest absolute Gasteiger partial charge is 0.319 e. The lowest BCUT2D eigenvalue weighted by Gasteiger charge is -2.17. The monoisotopic (exact) mass is 381 g/mol. The van der Waals surface area contributed by atoms with E-state index in [0.29, 0.717) is 11.3 Å². The first kappa shape index (κ1) is 19.7. The van der Waals surface area contributed by atoms with E-state index < -0.39 is 0 Å². The number of phenolic OH excluding ortho intramolecular Hbond substituents is 1. The number of nitrogens with zero attached hydrogens (tertiary/aromatic N) is 1. The van der Waals surface area contributed by atoms with E-state index in [2.05, 4.69) is 10.6 Å². The molecule has 0 radical (unpaired) electrons. The lowest BCUT2D eigenvalue weighted by Crippen LogP contribution is -2.36. The summed E-state index contributed by atoms with van der Waals surface area (Å²) in [6, 6.07) is 13.9. The molecule has 2 aromatic carbocycles. The maximum Gasteiger partial charge on any atom is 0.319 e. The van der Waals surface area contributed by atoms with Crippen LogP contribution in [0.1, 0.15) is 42.1 Å². The van der Waals surface area contributed by atoms with Gasteiger partial charge in [-0.05, 0) is 68.5 Å². The number of rotatable bonds is 6. The van der Waals surface area contributed by atoms with Gasteiger partial charge in [0.05, 0.1) is 0 Å². The molecule has 0 bridgehead atoms. The number of urea groups is 1. The molecule has 1 aliphatic rings. The highest BCUT2D eigenvalue weighted by atomic mass is 16.3. The van der Waals surface area contributed by atoms with Gasteiger partial charge in [-0.1, -0.05) is 18.2 Å². The van der Waals surface area contributed by atoms with E-state index in [-0.39, 0.29) is 23.7 Å². The Balaban J connectivity index is 1.49. The van der Waals surface area contributed by atoms with Gasteiger partial charge in [-0.15, -0.1) is 0 Å². The van der Waals surface area contributed by atoms with E-state index in [0.717, 1.165) is 44.3 Å². The molecule has 0 spiro atoms. The third-order valence-electron chi connectivity index (χ3n) is 4.94. The van der Waals surface area contributed by atoms with Crippen LogP contribution in [0, 0.1) is 0 Å². The average Bonchev–Trinajstić information content (AvgIpc) is 3.22. The molecule has 1 saturated heterocycles. The van der Waals surface area contributed by atoms with Gasteiger partial charge in [0.2, 0.25) is 0 Å². The number of phenols is 1. The summed E-state index contributed by atoms with van der Waals surface area (Å²) in [6.07, 6.45) is 3.69. The standard InChI is InChI=1S/C22H27N3O3/c1-16(7-8-17-9-11-20(26)12-10-17)23-22(28)24-19-6-4-5-18(15-19)21(27)25-13-2-3-14-25/h4-6,9-12,15-16,26H,2-3,7-8,13-14H2,1H3,(H2,23,24,28). The molecule has 1 aliphatic heterocycles. The van der Waals surface area contributed by atoms with Gasteiger partial charge in [-0.2, -0.15) is 0 Å².